The molecule has 0 aliphatic carbocycles. The lowest BCUT2D eigenvalue weighted by molar-refractivity contribution is -0.629. The molecular formula is C10H11IN2. The van der Waals surface area contributed by atoms with Gasteiger partial charge in [-0.15, -0.1) is 0 Å². The lowest BCUT2D eigenvalue weighted by Crippen LogP contribution is -3.00. The number of benzene rings is 1. The quantitative estimate of drug-likeness (QED) is 0.452. The first kappa shape index (κ1) is 10.2. The van der Waals surface area contributed by atoms with Crippen molar-refractivity contribution in [3.63, 3.8) is 0 Å². The van der Waals surface area contributed by atoms with E-state index >= 15 is 0 Å². The van der Waals surface area contributed by atoms with Gasteiger partial charge in [0.1, 0.15) is 5.52 Å². The molecule has 0 fully saturated rings. The average molecular weight is 286 g/mol. The summed E-state index contributed by atoms with van der Waals surface area (Å²) in [7, 11) is 1.97. The van der Waals surface area contributed by atoms with Crippen LogP contribution in [-0.4, -0.2) is 0 Å². The highest BCUT2D eigenvalue weighted by Gasteiger charge is 2.02. The molecule has 1 heterocycles. The number of para-hydroxylation sites is 1. The van der Waals surface area contributed by atoms with E-state index in [0.29, 0.717) is 0 Å². The zero-order valence-electron chi connectivity index (χ0n) is 7.37. The van der Waals surface area contributed by atoms with Crippen LogP contribution in [0, 0.1) is 0 Å². The third-order valence-electron chi connectivity index (χ3n) is 2.12. The fourth-order valence-electron chi connectivity index (χ4n) is 1.36. The number of nitrogen functional groups attached to an aromatic ring is 1. The Hall–Kier alpha value is -0.840. The monoisotopic (exact) mass is 286 g/mol. The van der Waals surface area contributed by atoms with Crippen molar-refractivity contribution >= 4 is 16.7 Å². The Labute approximate surface area is 94.4 Å². The van der Waals surface area contributed by atoms with Gasteiger partial charge in [0.25, 0.3) is 5.82 Å². The second-order valence-corrected chi connectivity index (χ2v) is 2.88. The maximum absolute atomic E-state index is 5.75. The van der Waals surface area contributed by atoms with Gasteiger partial charge in [-0.05, 0) is 12.1 Å². The molecule has 0 bridgehead atoms. The van der Waals surface area contributed by atoms with Gasteiger partial charge >= 0.3 is 0 Å². The number of nitrogens with two attached hydrogens (primary N) is 1. The van der Waals surface area contributed by atoms with E-state index in [9.17, 15) is 0 Å². The topological polar surface area (TPSA) is 29.9 Å². The van der Waals surface area contributed by atoms with Crippen LogP contribution in [0.5, 0.6) is 0 Å². The molecule has 2 rings (SSSR count). The summed E-state index contributed by atoms with van der Waals surface area (Å²) in [6.45, 7) is 0. The number of fused-ring (bicyclic) bond motifs is 1. The summed E-state index contributed by atoms with van der Waals surface area (Å²) in [4.78, 5) is 0. The highest BCUT2D eigenvalue weighted by atomic mass is 127. The number of hydrogen-bond acceptors (Lipinski definition) is 1. The van der Waals surface area contributed by atoms with Crippen LogP contribution in [0.3, 0.4) is 0 Å². The normalized spacial score (nSPS) is 9.62. The van der Waals surface area contributed by atoms with Gasteiger partial charge in [0, 0.05) is 11.5 Å². The Morgan fingerprint density at radius 3 is 2.54 bits per heavy atom. The third kappa shape index (κ3) is 1.75. The van der Waals surface area contributed by atoms with E-state index in [-0.39, 0.29) is 24.0 Å². The smallest absolute Gasteiger partial charge is 0.272 e. The minimum Gasteiger partial charge on any atom is -1.00 e. The van der Waals surface area contributed by atoms with Gasteiger partial charge in [0.15, 0.2) is 0 Å². The van der Waals surface area contributed by atoms with E-state index < -0.39 is 0 Å². The number of rotatable bonds is 0. The molecule has 68 valence electrons. The van der Waals surface area contributed by atoms with E-state index in [1.54, 1.807) is 0 Å². The van der Waals surface area contributed by atoms with E-state index in [4.69, 9.17) is 5.73 Å². The minimum absolute atomic E-state index is 0. The molecule has 2 nitrogen and oxygen atoms in total. The molecule has 0 spiro atoms. The number of pyridine rings is 1. The van der Waals surface area contributed by atoms with Crippen molar-refractivity contribution in [2.45, 2.75) is 0 Å². The number of halogens is 1. The van der Waals surface area contributed by atoms with Crippen molar-refractivity contribution in [2.24, 2.45) is 7.05 Å². The predicted octanol–water partition coefficient (Wildman–Crippen LogP) is -1.75. The molecule has 1 aromatic carbocycles. The van der Waals surface area contributed by atoms with Crippen molar-refractivity contribution in [1.29, 1.82) is 0 Å². The second kappa shape index (κ2) is 3.91. The molecule has 0 saturated carbocycles. The fraction of sp³-hybridized carbons (Fsp3) is 0.100. The second-order valence-electron chi connectivity index (χ2n) is 2.88. The van der Waals surface area contributed by atoms with Gasteiger partial charge in [-0.1, -0.05) is 18.2 Å². The van der Waals surface area contributed by atoms with Crippen LogP contribution < -0.4 is 34.3 Å². The van der Waals surface area contributed by atoms with E-state index in [1.165, 1.54) is 5.39 Å². The maximum atomic E-state index is 5.75. The van der Waals surface area contributed by atoms with Gasteiger partial charge in [-0.25, -0.2) is 4.57 Å². The van der Waals surface area contributed by atoms with Crippen LogP contribution in [0.15, 0.2) is 36.4 Å². The standard InChI is InChI=1S/C10H10N2.HI/c1-12-9-5-3-2-4-8(9)6-7-10(12)11;/h2-7,11H,1H3;1H. The Morgan fingerprint density at radius 1 is 1.08 bits per heavy atom. The summed E-state index contributed by atoms with van der Waals surface area (Å²) in [5, 5.41) is 1.22. The largest absolute Gasteiger partial charge is 1.00 e. The molecule has 0 radical (unpaired) electrons. The van der Waals surface area contributed by atoms with Gasteiger partial charge in [-0.2, -0.15) is 0 Å². The van der Waals surface area contributed by atoms with Crippen molar-refractivity contribution in [3.8, 4) is 0 Å². The molecule has 2 aromatic rings. The third-order valence-corrected chi connectivity index (χ3v) is 2.12. The first-order valence-electron chi connectivity index (χ1n) is 3.92. The SMILES string of the molecule is C[n+]1c(N)ccc2ccccc21.[I-]. The Balaban J connectivity index is 0.000000845. The molecule has 3 heteroatoms. The Kier molecular flexibility index (Phi) is 3.08. The van der Waals surface area contributed by atoms with Crippen LogP contribution in [0.4, 0.5) is 5.82 Å². The van der Waals surface area contributed by atoms with E-state index in [1.807, 2.05) is 35.9 Å². The first-order chi connectivity index (χ1) is 5.79. The van der Waals surface area contributed by atoms with Crippen molar-refractivity contribution in [3.05, 3.63) is 36.4 Å². The first-order valence-corrected chi connectivity index (χ1v) is 3.92. The lowest BCUT2D eigenvalue weighted by atomic mass is 10.2. The Bertz CT molecular complexity index is 426. The number of nitrogens with zero attached hydrogens (tertiary/aromatic N) is 1. The summed E-state index contributed by atoms with van der Waals surface area (Å²) in [6.07, 6.45) is 0. The molecule has 0 amide bonds. The zero-order chi connectivity index (χ0) is 8.55. The number of aryl methyl sites for hydroxylation is 1. The van der Waals surface area contributed by atoms with Crippen LogP contribution in [0.1, 0.15) is 0 Å². The Morgan fingerprint density at radius 2 is 1.77 bits per heavy atom. The summed E-state index contributed by atoms with van der Waals surface area (Å²) in [5.74, 6) is 0.786. The van der Waals surface area contributed by atoms with Crippen molar-refractivity contribution < 1.29 is 28.5 Å². The highest BCUT2D eigenvalue weighted by molar-refractivity contribution is 5.76. The van der Waals surface area contributed by atoms with Crippen molar-refractivity contribution in [2.75, 3.05) is 5.73 Å². The molecular weight excluding hydrogens is 275 g/mol. The molecule has 0 saturated heterocycles. The lowest BCUT2D eigenvalue weighted by Gasteiger charge is -2.00. The molecule has 0 aliphatic heterocycles. The maximum Gasteiger partial charge on any atom is 0.272 e. The number of hydrogen-bond donors (Lipinski definition) is 1. The van der Waals surface area contributed by atoms with Crippen LogP contribution in [0.25, 0.3) is 10.9 Å². The molecule has 1 aromatic heterocycles. The van der Waals surface area contributed by atoms with Crippen molar-refractivity contribution in [1.82, 2.24) is 0 Å². The zero-order valence-corrected chi connectivity index (χ0v) is 9.52. The molecule has 0 aliphatic rings. The number of anilines is 1. The number of aromatic nitrogens is 1. The summed E-state index contributed by atoms with van der Waals surface area (Å²) in [6, 6.07) is 12.1. The summed E-state index contributed by atoms with van der Waals surface area (Å²) in [5.41, 5.74) is 6.91. The molecule has 2 N–H and O–H groups in total. The van der Waals surface area contributed by atoms with Gasteiger partial charge in [-0.3, -0.25) is 5.73 Å². The van der Waals surface area contributed by atoms with Gasteiger partial charge in [0.2, 0.25) is 0 Å². The van der Waals surface area contributed by atoms with Crippen LogP contribution >= 0.6 is 0 Å². The van der Waals surface area contributed by atoms with Crippen LogP contribution in [0.2, 0.25) is 0 Å². The average Bonchev–Trinajstić information content (AvgIpc) is 2.12. The van der Waals surface area contributed by atoms with Gasteiger partial charge in [0.05, 0.1) is 7.05 Å². The summed E-state index contributed by atoms with van der Waals surface area (Å²) >= 11 is 0. The molecule has 13 heavy (non-hydrogen) atoms. The van der Waals surface area contributed by atoms with Crippen LogP contribution in [-0.2, 0) is 7.05 Å². The molecule has 0 atom stereocenters. The molecule has 0 unspecified atom stereocenters. The highest BCUT2D eigenvalue weighted by Crippen LogP contribution is 2.09. The summed E-state index contributed by atoms with van der Waals surface area (Å²) < 4.78 is 1.98. The van der Waals surface area contributed by atoms with Gasteiger partial charge < -0.3 is 24.0 Å². The predicted molar refractivity (Wildman–Crippen MR) is 49.5 cm³/mol. The fourth-order valence-corrected chi connectivity index (χ4v) is 1.36. The minimum atomic E-state index is 0. The van der Waals surface area contributed by atoms with E-state index in [0.717, 1.165) is 11.3 Å². The van der Waals surface area contributed by atoms with E-state index in [2.05, 4.69) is 12.1 Å².